The minimum atomic E-state index is -0.0512. The van der Waals surface area contributed by atoms with E-state index < -0.39 is 0 Å². The van der Waals surface area contributed by atoms with Crippen LogP contribution in [0.2, 0.25) is 0 Å². The van der Waals surface area contributed by atoms with E-state index in [-0.39, 0.29) is 29.6 Å². The number of hydrogen-bond acceptors (Lipinski definition) is 2. The smallest absolute Gasteiger partial charge is 0.191 e. The molecule has 20 heavy (non-hydrogen) atoms. The van der Waals surface area contributed by atoms with Crippen LogP contribution in [0, 0.1) is 0 Å². The van der Waals surface area contributed by atoms with E-state index >= 15 is 0 Å². The molecule has 2 rings (SSSR count). The Morgan fingerprint density at radius 1 is 1.30 bits per heavy atom. The lowest BCUT2D eigenvalue weighted by Crippen LogP contribution is -2.45. The van der Waals surface area contributed by atoms with E-state index in [0.717, 1.165) is 38.5 Å². The molecule has 5 heteroatoms. The first-order valence-corrected chi connectivity index (χ1v) is 6.84. The van der Waals surface area contributed by atoms with Crippen molar-refractivity contribution < 1.29 is 4.74 Å². The summed E-state index contributed by atoms with van der Waals surface area (Å²) in [5.74, 6) is 0.820. The van der Waals surface area contributed by atoms with Crippen LogP contribution in [0.3, 0.4) is 0 Å². The van der Waals surface area contributed by atoms with Crippen LogP contribution >= 0.6 is 24.0 Å². The molecule has 0 aromatic heterocycles. The third-order valence-corrected chi connectivity index (χ3v) is 3.46. The highest BCUT2D eigenvalue weighted by Gasteiger charge is 2.29. The third kappa shape index (κ3) is 5.28. The number of benzene rings is 1. The molecule has 1 unspecified atom stereocenters. The van der Waals surface area contributed by atoms with Crippen LogP contribution in [0.5, 0.6) is 0 Å². The van der Waals surface area contributed by atoms with Crippen molar-refractivity contribution in [2.45, 2.75) is 31.9 Å². The predicted octanol–water partition coefficient (Wildman–Crippen LogP) is 2.54. The minimum Gasteiger partial charge on any atom is -0.373 e. The van der Waals surface area contributed by atoms with Gasteiger partial charge in [-0.2, -0.15) is 0 Å². The first kappa shape index (κ1) is 17.2. The minimum absolute atomic E-state index is 0. The van der Waals surface area contributed by atoms with E-state index in [4.69, 9.17) is 4.74 Å². The molecule has 1 aromatic carbocycles. The van der Waals surface area contributed by atoms with Crippen molar-refractivity contribution in [2.75, 3.05) is 20.2 Å². The van der Waals surface area contributed by atoms with E-state index in [1.165, 1.54) is 5.56 Å². The van der Waals surface area contributed by atoms with E-state index in [0.29, 0.717) is 0 Å². The molecule has 0 aliphatic carbocycles. The number of hydrogen-bond donors (Lipinski definition) is 2. The lowest BCUT2D eigenvalue weighted by Gasteiger charge is -2.24. The number of rotatable bonds is 4. The van der Waals surface area contributed by atoms with Gasteiger partial charge in [0, 0.05) is 26.7 Å². The Labute approximate surface area is 138 Å². The van der Waals surface area contributed by atoms with E-state index in [9.17, 15) is 0 Å². The molecule has 112 valence electrons. The highest BCUT2D eigenvalue weighted by Crippen LogP contribution is 2.23. The Bertz CT molecular complexity index is 416. The summed E-state index contributed by atoms with van der Waals surface area (Å²) >= 11 is 0. The fraction of sp³-hybridized carbons (Fsp3) is 0.533. The molecule has 0 saturated carbocycles. The first-order valence-electron chi connectivity index (χ1n) is 6.84. The number of nitrogens with zero attached hydrogens (tertiary/aromatic N) is 1. The van der Waals surface area contributed by atoms with Gasteiger partial charge < -0.3 is 15.4 Å². The molecule has 2 N–H and O–H groups in total. The number of guanidine groups is 1. The zero-order chi connectivity index (χ0) is 13.6. The maximum atomic E-state index is 5.75. The van der Waals surface area contributed by atoms with Crippen molar-refractivity contribution >= 4 is 29.9 Å². The molecular formula is C15H24IN3O. The Morgan fingerprint density at radius 2 is 2.05 bits per heavy atom. The molecule has 1 heterocycles. The van der Waals surface area contributed by atoms with Gasteiger partial charge in [-0.3, -0.25) is 4.99 Å². The van der Waals surface area contributed by atoms with Gasteiger partial charge in [-0.15, -0.1) is 24.0 Å². The molecule has 0 spiro atoms. The molecule has 4 nitrogen and oxygen atoms in total. The van der Waals surface area contributed by atoms with Crippen molar-refractivity contribution in [3.8, 4) is 0 Å². The van der Waals surface area contributed by atoms with E-state index in [2.05, 4.69) is 34.7 Å². The molecule has 1 saturated heterocycles. The molecule has 1 aliphatic rings. The zero-order valence-electron chi connectivity index (χ0n) is 12.2. The third-order valence-electron chi connectivity index (χ3n) is 3.46. The molecule has 0 amide bonds. The Kier molecular flexibility index (Phi) is 7.29. The summed E-state index contributed by atoms with van der Waals surface area (Å²) in [6.07, 6.45) is 2.25. The Morgan fingerprint density at radius 3 is 2.65 bits per heavy atom. The topological polar surface area (TPSA) is 45.7 Å². The van der Waals surface area contributed by atoms with Gasteiger partial charge in [0.05, 0.1) is 5.60 Å². The first-order chi connectivity index (χ1) is 9.22. The summed E-state index contributed by atoms with van der Waals surface area (Å²) in [6.45, 7) is 4.59. The molecule has 1 aliphatic heterocycles. The average molecular weight is 389 g/mol. The maximum Gasteiger partial charge on any atom is 0.191 e. The van der Waals surface area contributed by atoms with Gasteiger partial charge in [0.15, 0.2) is 5.96 Å². The highest BCUT2D eigenvalue weighted by molar-refractivity contribution is 14.0. The van der Waals surface area contributed by atoms with Crippen LogP contribution in [0.25, 0.3) is 0 Å². The summed E-state index contributed by atoms with van der Waals surface area (Å²) in [6, 6.07) is 10.3. The van der Waals surface area contributed by atoms with Crippen LogP contribution in [-0.2, 0) is 11.3 Å². The van der Waals surface area contributed by atoms with Gasteiger partial charge in [-0.05, 0) is 25.3 Å². The van der Waals surface area contributed by atoms with Crippen molar-refractivity contribution in [1.29, 1.82) is 0 Å². The van der Waals surface area contributed by atoms with Gasteiger partial charge in [0.2, 0.25) is 0 Å². The average Bonchev–Trinajstić information content (AvgIpc) is 2.87. The standard InChI is InChI=1S/C15H23N3O.HI/c1-15(9-6-10-19-15)12-18-14(16-2)17-11-13-7-4-3-5-8-13;/h3-5,7-8H,6,9-12H2,1-2H3,(H2,16,17,18);1H. The van der Waals surface area contributed by atoms with Crippen LogP contribution in [0.15, 0.2) is 35.3 Å². The second-order valence-corrected chi connectivity index (χ2v) is 5.17. The fourth-order valence-electron chi connectivity index (χ4n) is 2.25. The Balaban J connectivity index is 0.00000200. The summed E-state index contributed by atoms with van der Waals surface area (Å²) < 4.78 is 5.75. The predicted molar refractivity (Wildman–Crippen MR) is 93.6 cm³/mol. The number of ether oxygens (including phenoxy) is 1. The quantitative estimate of drug-likeness (QED) is 0.473. The van der Waals surface area contributed by atoms with Gasteiger partial charge in [-0.25, -0.2) is 0 Å². The fourth-order valence-corrected chi connectivity index (χ4v) is 2.25. The Hall–Kier alpha value is -0.820. The van der Waals surface area contributed by atoms with Crippen molar-refractivity contribution in [3.05, 3.63) is 35.9 Å². The van der Waals surface area contributed by atoms with Crippen molar-refractivity contribution in [2.24, 2.45) is 4.99 Å². The summed E-state index contributed by atoms with van der Waals surface area (Å²) in [5.41, 5.74) is 1.19. The molecule has 1 aromatic rings. The number of nitrogens with one attached hydrogen (secondary N) is 2. The second kappa shape index (κ2) is 8.46. The molecule has 1 atom stereocenters. The molecular weight excluding hydrogens is 365 g/mol. The lowest BCUT2D eigenvalue weighted by atomic mass is 10.0. The summed E-state index contributed by atoms with van der Waals surface area (Å²) in [4.78, 5) is 4.23. The number of aliphatic imine (C=N–C) groups is 1. The van der Waals surface area contributed by atoms with E-state index in [1.807, 2.05) is 18.2 Å². The van der Waals surface area contributed by atoms with Gasteiger partial charge >= 0.3 is 0 Å². The SMILES string of the molecule is CN=C(NCc1ccccc1)NCC1(C)CCCO1.I. The molecule has 1 fully saturated rings. The highest BCUT2D eigenvalue weighted by atomic mass is 127. The van der Waals surface area contributed by atoms with Crippen LogP contribution in [0.4, 0.5) is 0 Å². The molecule has 0 radical (unpaired) electrons. The van der Waals surface area contributed by atoms with Gasteiger partial charge in [0.25, 0.3) is 0 Å². The summed E-state index contributed by atoms with van der Waals surface area (Å²) in [7, 11) is 1.79. The van der Waals surface area contributed by atoms with Crippen LogP contribution < -0.4 is 10.6 Å². The summed E-state index contributed by atoms with van der Waals surface area (Å²) in [5, 5.41) is 6.65. The maximum absolute atomic E-state index is 5.75. The van der Waals surface area contributed by atoms with Crippen LogP contribution in [-0.4, -0.2) is 31.8 Å². The van der Waals surface area contributed by atoms with Crippen LogP contribution in [0.1, 0.15) is 25.3 Å². The van der Waals surface area contributed by atoms with Gasteiger partial charge in [0.1, 0.15) is 0 Å². The van der Waals surface area contributed by atoms with E-state index in [1.54, 1.807) is 7.05 Å². The monoisotopic (exact) mass is 389 g/mol. The van der Waals surface area contributed by atoms with Crippen molar-refractivity contribution in [3.63, 3.8) is 0 Å². The largest absolute Gasteiger partial charge is 0.373 e. The van der Waals surface area contributed by atoms with Gasteiger partial charge in [-0.1, -0.05) is 30.3 Å². The normalized spacial score (nSPS) is 22.2. The molecule has 0 bridgehead atoms. The second-order valence-electron chi connectivity index (χ2n) is 5.17. The lowest BCUT2D eigenvalue weighted by molar-refractivity contribution is 0.0243. The zero-order valence-corrected chi connectivity index (χ0v) is 14.5. The van der Waals surface area contributed by atoms with Crippen molar-refractivity contribution in [1.82, 2.24) is 10.6 Å². The number of halogens is 1.